The highest BCUT2D eigenvalue weighted by molar-refractivity contribution is 9.10. The quantitative estimate of drug-likeness (QED) is 0.699. The van der Waals surface area contributed by atoms with E-state index in [0.29, 0.717) is 12.1 Å². The average Bonchev–Trinajstić information content (AvgIpc) is 2.48. The third kappa shape index (κ3) is 3.65. The van der Waals surface area contributed by atoms with Gasteiger partial charge < -0.3 is 5.32 Å². The van der Waals surface area contributed by atoms with Gasteiger partial charge in [0, 0.05) is 26.5 Å². The van der Waals surface area contributed by atoms with E-state index in [0.717, 1.165) is 21.7 Å². The molecule has 1 N–H and O–H groups in total. The summed E-state index contributed by atoms with van der Waals surface area (Å²) in [6, 6.07) is 15.4. The first-order valence-electron chi connectivity index (χ1n) is 7.07. The summed E-state index contributed by atoms with van der Waals surface area (Å²) in [5, 5.41) is 4.57. The average molecular weight is 383 g/mol. The zero-order valence-corrected chi connectivity index (χ0v) is 14.9. The zero-order chi connectivity index (χ0) is 14.8. The van der Waals surface area contributed by atoms with Gasteiger partial charge in [-0.2, -0.15) is 0 Å². The van der Waals surface area contributed by atoms with Crippen molar-refractivity contribution in [2.45, 2.75) is 30.3 Å². The van der Waals surface area contributed by atoms with E-state index in [4.69, 9.17) is 11.6 Å². The third-order valence-electron chi connectivity index (χ3n) is 3.81. The molecule has 110 valence electrons. The maximum atomic E-state index is 6.17. The Balaban J connectivity index is 1.81. The molecule has 0 aromatic heterocycles. The van der Waals surface area contributed by atoms with E-state index in [2.05, 4.69) is 64.6 Å². The number of fused-ring (bicyclic) bond motifs is 1. The molecule has 0 saturated carbocycles. The lowest BCUT2D eigenvalue weighted by Crippen LogP contribution is -2.27. The van der Waals surface area contributed by atoms with Gasteiger partial charge in [-0.3, -0.25) is 0 Å². The lowest BCUT2D eigenvalue weighted by atomic mass is 10.0. The smallest absolute Gasteiger partial charge is 0.0410 e. The minimum atomic E-state index is 0.308. The third-order valence-corrected chi connectivity index (χ3v) is 5.66. The van der Waals surface area contributed by atoms with Crippen LogP contribution in [0.1, 0.15) is 36.6 Å². The number of nitrogens with one attached hydrogen (secondary N) is 1. The second-order valence-corrected chi connectivity index (χ2v) is 7.80. The molecule has 0 bridgehead atoms. The molecule has 1 heterocycles. The topological polar surface area (TPSA) is 12.0 Å². The molecule has 21 heavy (non-hydrogen) atoms. The van der Waals surface area contributed by atoms with Crippen LogP contribution in [-0.4, -0.2) is 5.75 Å². The van der Waals surface area contributed by atoms with Crippen molar-refractivity contribution in [3.8, 4) is 0 Å². The molecule has 3 rings (SSSR count). The van der Waals surface area contributed by atoms with Crippen molar-refractivity contribution in [1.82, 2.24) is 5.32 Å². The van der Waals surface area contributed by atoms with Crippen molar-refractivity contribution in [1.29, 1.82) is 0 Å². The molecular weight excluding hydrogens is 366 g/mol. The number of hydrogen-bond acceptors (Lipinski definition) is 2. The highest BCUT2D eigenvalue weighted by atomic mass is 79.9. The summed E-state index contributed by atoms with van der Waals surface area (Å²) < 4.78 is 1.12. The van der Waals surface area contributed by atoms with Crippen molar-refractivity contribution in [3.63, 3.8) is 0 Å². The van der Waals surface area contributed by atoms with E-state index >= 15 is 0 Å². The van der Waals surface area contributed by atoms with Gasteiger partial charge in [-0.05, 0) is 60.6 Å². The first kappa shape index (κ1) is 15.4. The predicted molar refractivity (Wildman–Crippen MR) is 95.2 cm³/mol. The highest BCUT2D eigenvalue weighted by Crippen LogP contribution is 2.38. The first-order chi connectivity index (χ1) is 10.1. The van der Waals surface area contributed by atoms with Gasteiger partial charge in [-0.15, -0.1) is 11.8 Å². The molecule has 1 aliphatic rings. The van der Waals surface area contributed by atoms with Crippen molar-refractivity contribution >= 4 is 39.3 Å². The number of thioether (sulfide) groups is 1. The Morgan fingerprint density at radius 1 is 1.29 bits per heavy atom. The predicted octanol–water partition coefficient (Wildman–Crippen LogP) is 5.99. The van der Waals surface area contributed by atoms with Gasteiger partial charge in [0.05, 0.1) is 0 Å². The van der Waals surface area contributed by atoms with Crippen LogP contribution in [0.2, 0.25) is 5.02 Å². The number of halogens is 2. The van der Waals surface area contributed by atoms with Gasteiger partial charge in [0.15, 0.2) is 0 Å². The van der Waals surface area contributed by atoms with E-state index < -0.39 is 0 Å². The fraction of sp³-hybridized carbons (Fsp3) is 0.294. The molecule has 0 saturated heterocycles. The number of hydrogen-bond donors (Lipinski definition) is 1. The summed E-state index contributed by atoms with van der Waals surface area (Å²) in [6.07, 6.45) is 1.14. The molecule has 0 radical (unpaired) electrons. The van der Waals surface area contributed by atoms with Crippen LogP contribution in [0, 0.1) is 0 Å². The van der Waals surface area contributed by atoms with E-state index in [1.54, 1.807) is 0 Å². The molecule has 2 aromatic carbocycles. The summed E-state index contributed by atoms with van der Waals surface area (Å²) >= 11 is 11.6. The standard InChI is InChI=1S/C17H17BrClNS/c1-11(12-3-2-4-13(18)9-12)20-16-7-8-21-17-6-5-14(19)10-15(16)17/h2-6,9-11,16,20H,7-8H2,1H3/t11-,16?/m0/s1. The lowest BCUT2D eigenvalue weighted by Gasteiger charge is -2.29. The van der Waals surface area contributed by atoms with E-state index in [1.807, 2.05) is 17.8 Å². The summed E-state index contributed by atoms with van der Waals surface area (Å²) in [5.74, 6) is 1.15. The van der Waals surface area contributed by atoms with Crippen LogP contribution in [0.15, 0.2) is 51.8 Å². The van der Waals surface area contributed by atoms with Crippen LogP contribution >= 0.6 is 39.3 Å². The molecule has 2 aromatic rings. The molecule has 2 atom stereocenters. The molecule has 1 unspecified atom stereocenters. The molecule has 0 spiro atoms. The van der Waals surface area contributed by atoms with Crippen LogP contribution < -0.4 is 5.32 Å². The second-order valence-electron chi connectivity index (χ2n) is 5.32. The monoisotopic (exact) mass is 381 g/mol. The molecule has 0 aliphatic carbocycles. The van der Waals surface area contributed by atoms with Crippen molar-refractivity contribution in [2.24, 2.45) is 0 Å². The molecular formula is C17H17BrClNS. The van der Waals surface area contributed by atoms with Crippen LogP contribution in [0.3, 0.4) is 0 Å². The molecule has 0 amide bonds. The number of rotatable bonds is 3. The fourth-order valence-corrected chi connectivity index (χ4v) is 4.42. The van der Waals surface area contributed by atoms with E-state index in [1.165, 1.54) is 16.0 Å². The van der Waals surface area contributed by atoms with Gasteiger partial charge in [-0.25, -0.2) is 0 Å². The summed E-state index contributed by atoms with van der Waals surface area (Å²) in [7, 11) is 0. The second kappa shape index (κ2) is 6.74. The Hall–Kier alpha value is -0.480. The maximum absolute atomic E-state index is 6.17. The van der Waals surface area contributed by atoms with Gasteiger partial charge in [0.1, 0.15) is 0 Å². The Bertz CT molecular complexity index is 646. The molecule has 4 heteroatoms. The summed E-state index contributed by atoms with van der Waals surface area (Å²) in [4.78, 5) is 1.35. The van der Waals surface area contributed by atoms with Crippen molar-refractivity contribution < 1.29 is 0 Å². The Kier molecular flexibility index (Phi) is 4.95. The Morgan fingerprint density at radius 2 is 2.14 bits per heavy atom. The van der Waals surface area contributed by atoms with Crippen LogP contribution in [0.5, 0.6) is 0 Å². The molecule has 1 aliphatic heterocycles. The van der Waals surface area contributed by atoms with Gasteiger partial charge in [-0.1, -0.05) is 39.7 Å². The highest BCUT2D eigenvalue weighted by Gasteiger charge is 2.22. The normalized spacial score (nSPS) is 19.1. The maximum Gasteiger partial charge on any atom is 0.0410 e. The van der Waals surface area contributed by atoms with Crippen molar-refractivity contribution in [2.75, 3.05) is 5.75 Å². The van der Waals surface area contributed by atoms with Crippen LogP contribution in [0.25, 0.3) is 0 Å². The number of benzene rings is 2. The van der Waals surface area contributed by atoms with Gasteiger partial charge in [0.25, 0.3) is 0 Å². The first-order valence-corrected chi connectivity index (χ1v) is 9.23. The van der Waals surface area contributed by atoms with Gasteiger partial charge in [0.2, 0.25) is 0 Å². The lowest BCUT2D eigenvalue weighted by molar-refractivity contribution is 0.450. The van der Waals surface area contributed by atoms with Crippen LogP contribution in [0.4, 0.5) is 0 Å². The van der Waals surface area contributed by atoms with E-state index in [-0.39, 0.29) is 0 Å². The van der Waals surface area contributed by atoms with Gasteiger partial charge >= 0.3 is 0 Å². The SMILES string of the molecule is C[C@H](NC1CCSc2ccc(Cl)cc21)c1cccc(Br)c1. The largest absolute Gasteiger partial charge is 0.303 e. The zero-order valence-electron chi connectivity index (χ0n) is 11.8. The minimum absolute atomic E-state index is 0.308. The Morgan fingerprint density at radius 3 is 2.95 bits per heavy atom. The summed E-state index contributed by atoms with van der Waals surface area (Å²) in [6.45, 7) is 2.22. The molecule has 0 fully saturated rings. The summed E-state index contributed by atoms with van der Waals surface area (Å²) in [5.41, 5.74) is 2.63. The molecule has 1 nitrogen and oxygen atoms in total. The minimum Gasteiger partial charge on any atom is -0.303 e. The van der Waals surface area contributed by atoms with Crippen LogP contribution in [-0.2, 0) is 0 Å². The Labute approximate surface area is 143 Å². The van der Waals surface area contributed by atoms with Crippen molar-refractivity contribution in [3.05, 3.63) is 63.1 Å². The fourth-order valence-electron chi connectivity index (χ4n) is 2.71. The van der Waals surface area contributed by atoms with E-state index in [9.17, 15) is 0 Å².